The van der Waals surface area contributed by atoms with E-state index in [4.69, 9.17) is 14.2 Å². The van der Waals surface area contributed by atoms with Gasteiger partial charge >= 0.3 is 18.2 Å². The first-order valence-electron chi connectivity index (χ1n) is 15.5. The number of esters is 1. The van der Waals surface area contributed by atoms with Gasteiger partial charge in [0.25, 0.3) is 0 Å². The molecule has 0 bridgehead atoms. The van der Waals surface area contributed by atoms with Gasteiger partial charge in [-0.05, 0) is 67.6 Å². The Kier molecular flexibility index (Phi) is 9.92. The monoisotopic (exact) mass is 623 g/mol. The molecule has 0 spiro atoms. The number of rotatable bonds is 8. The summed E-state index contributed by atoms with van der Waals surface area (Å²) in [5, 5.41) is 3.98. The molecular weight excluding hydrogens is 582 g/mol. The lowest BCUT2D eigenvalue weighted by molar-refractivity contribution is 0.0134. The van der Waals surface area contributed by atoms with Gasteiger partial charge in [-0.3, -0.25) is 5.43 Å². The number of ether oxygens (including phenoxy) is 3. The summed E-state index contributed by atoms with van der Waals surface area (Å²) >= 11 is 0. The molecule has 4 aromatic carbocycles. The highest BCUT2D eigenvalue weighted by atomic mass is 16.6. The number of hydrogen-bond donors (Lipinski definition) is 1. The zero-order valence-corrected chi connectivity index (χ0v) is 26.9. The lowest BCUT2D eigenvalue weighted by atomic mass is 9.88. The minimum Gasteiger partial charge on any atom is -0.465 e. The van der Waals surface area contributed by atoms with Gasteiger partial charge in [0.2, 0.25) is 0 Å². The van der Waals surface area contributed by atoms with E-state index in [-0.39, 0.29) is 29.2 Å². The van der Waals surface area contributed by atoms with Crippen molar-refractivity contribution < 1.29 is 28.6 Å². The molecule has 46 heavy (non-hydrogen) atoms. The maximum Gasteiger partial charge on any atom is 0.427 e. The third kappa shape index (κ3) is 7.66. The molecule has 5 rings (SSSR count). The number of hydrogen-bond acceptors (Lipinski definition) is 7. The van der Waals surface area contributed by atoms with E-state index in [1.54, 1.807) is 23.2 Å². The topological polar surface area (TPSA) is 97.4 Å². The summed E-state index contributed by atoms with van der Waals surface area (Å²) in [6.45, 7) is 8.96. The van der Waals surface area contributed by atoms with Crippen LogP contribution in [0.25, 0.3) is 10.8 Å². The second-order valence-corrected chi connectivity index (χ2v) is 12.5. The van der Waals surface area contributed by atoms with E-state index in [1.807, 2.05) is 69.0 Å². The summed E-state index contributed by atoms with van der Waals surface area (Å²) in [6, 6.07) is 30.5. The third-order valence-electron chi connectivity index (χ3n) is 8.21. The first kappa shape index (κ1) is 32.5. The van der Waals surface area contributed by atoms with Crippen LogP contribution in [0.3, 0.4) is 0 Å². The van der Waals surface area contributed by atoms with Crippen LogP contribution in [0, 0.1) is 5.92 Å². The van der Waals surface area contributed by atoms with E-state index < -0.39 is 23.8 Å². The predicted molar refractivity (Wildman–Crippen MR) is 176 cm³/mol. The molecule has 0 aromatic heterocycles. The number of carbonyl (C=O) groups excluding carboxylic acids is 3. The largest absolute Gasteiger partial charge is 0.465 e. The van der Waals surface area contributed by atoms with E-state index >= 15 is 0 Å². The number of methoxy groups -OCH3 is 1. The number of benzene rings is 4. The number of nitrogens with zero attached hydrogens (tertiary/aromatic N) is 2. The second kappa shape index (κ2) is 14.0. The highest BCUT2D eigenvalue weighted by Gasteiger charge is 2.39. The summed E-state index contributed by atoms with van der Waals surface area (Å²) in [5.41, 5.74) is 4.45. The molecule has 2 amide bonds. The minimum absolute atomic E-state index is 0.00601. The smallest absolute Gasteiger partial charge is 0.427 e. The quantitative estimate of drug-likeness (QED) is 0.205. The van der Waals surface area contributed by atoms with Gasteiger partial charge in [0.1, 0.15) is 16.9 Å². The average Bonchev–Trinajstić information content (AvgIpc) is 3.44. The van der Waals surface area contributed by atoms with Crippen molar-refractivity contribution in [1.29, 1.82) is 0 Å². The molecule has 1 heterocycles. The molecule has 9 heteroatoms. The van der Waals surface area contributed by atoms with Crippen molar-refractivity contribution >= 4 is 28.9 Å². The lowest BCUT2D eigenvalue weighted by Gasteiger charge is -2.35. The van der Waals surface area contributed by atoms with Gasteiger partial charge < -0.3 is 19.1 Å². The maximum absolute atomic E-state index is 13.9. The number of fused-ring (bicyclic) bond motifs is 1. The van der Waals surface area contributed by atoms with Crippen LogP contribution in [0.2, 0.25) is 0 Å². The van der Waals surface area contributed by atoms with Crippen LogP contribution in [0.4, 0.5) is 9.59 Å². The lowest BCUT2D eigenvalue weighted by Crippen LogP contribution is -2.44. The fourth-order valence-electron chi connectivity index (χ4n) is 6.06. The molecule has 0 unspecified atom stereocenters. The van der Waals surface area contributed by atoms with Crippen molar-refractivity contribution in [3.8, 4) is 5.75 Å². The highest BCUT2D eigenvalue weighted by Crippen LogP contribution is 2.36. The molecule has 1 aliphatic rings. The first-order valence-corrected chi connectivity index (χ1v) is 15.5. The Balaban J connectivity index is 1.41. The van der Waals surface area contributed by atoms with Gasteiger partial charge in [0, 0.05) is 25.6 Å². The number of para-hydroxylation sites is 1. The molecule has 240 valence electrons. The Morgan fingerprint density at radius 3 is 2.30 bits per heavy atom. The van der Waals surface area contributed by atoms with Crippen LogP contribution in [-0.4, -0.2) is 60.4 Å². The second-order valence-electron chi connectivity index (χ2n) is 12.5. The summed E-state index contributed by atoms with van der Waals surface area (Å²) in [6.07, 6.45) is -1.12. The van der Waals surface area contributed by atoms with Crippen molar-refractivity contribution in [3.63, 3.8) is 0 Å². The highest BCUT2D eigenvalue weighted by molar-refractivity contribution is 5.93. The van der Waals surface area contributed by atoms with E-state index in [0.29, 0.717) is 19.6 Å². The minimum atomic E-state index is -0.725. The Labute approximate surface area is 270 Å². The van der Waals surface area contributed by atoms with Crippen LogP contribution < -0.4 is 10.2 Å². The zero-order valence-electron chi connectivity index (χ0n) is 26.9. The van der Waals surface area contributed by atoms with Gasteiger partial charge in [-0.2, -0.15) is 0 Å². The molecule has 9 nitrogen and oxygen atoms in total. The van der Waals surface area contributed by atoms with Crippen molar-refractivity contribution in [3.05, 3.63) is 114 Å². The molecule has 0 saturated carbocycles. The molecule has 0 aliphatic carbocycles. The van der Waals surface area contributed by atoms with E-state index in [1.165, 1.54) is 13.2 Å². The first-order chi connectivity index (χ1) is 22.0. The van der Waals surface area contributed by atoms with Crippen molar-refractivity contribution in [2.24, 2.45) is 5.92 Å². The zero-order chi connectivity index (χ0) is 32.8. The number of hydrazine groups is 1. The Morgan fingerprint density at radius 1 is 0.891 bits per heavy atom. The third-order valence-corrected chi connectivity index (χ3v) is 8.21. The number of amides is 2. The molecule has 4 aromatic rings. The Morgan fingerprint density at radius 2 is 1.57 bits per heavy atom. The van der Waals surface area contributed by atoms with Crippen molar-refractivity contribution in [2.45, 2.75) is 45.3 Å². The molecular formula is C37H41N3O6. The van der Waals surface area contributed by atoms with E-state index in [9.17, 15) is 14.4 Å². The Hall–Kier alpha value is -4.89. The van der Waals surface area contributed by atoms with Crippen molar-refractivity contribution in [1.82, 2.24) is 15.3 Å². The normalized spacial score (nSPS) is 17.2. The summed E-state index contributed by atoms with van der Waals surface area (Å²) in [4.78, 5) is 41.0. The SMILES string of the molecule is COC(=O)c1ccccc1OC(=O)NN1C[C@@H](CN(C(=O)OC(C)(C)C)[C@H](C)c2cccc3ccccc23)[C@@H](c2ccccc2)C1. The van der Waals surface area contributed by atoms with Gasteiger partial charge in [-0.25, -0.2) is 19.4 Å². The molecule has 1 N–H and O–H groups in total. The van der Waals surface area contributed by atoms with Gasteiger partial charge in [0.15, 0.2) is 0 Å². The number of nitrogens with one attached hydrogen (secondary N) is 1. The van der Waals surface area contributed by atoms with Crippen LogP contribution in [0.5, 0.6) is 5.75 Å². The molecule has 1 saturated heterocycles. The summed E-state index contributed by atoms with van der Waals surface area (Å²) in [7, 11) is 1.27. The average molecular weight is 624 g/mol. The fourth-order valence-corrected chi connectivity index (χ4v) is 6.06. The summed E-state index contributed by atoms with van der Waals surface area (Å²) < 4.78 is 16.3. The molecule has 0 radical (unpaired) electrons. The van der Waals surface area contributed by atoms with Crippen LogP contribution in [0.1, 0.15) is 61.1 Å². The Bertz CT molecular complexity index is 1680. The molecule has 3 atom stereocenters. The maximum atomic E-state index is 13.9. The summed E-state index contributed by atoms with van der Waals surface area (Å²) in [5.74, 6) is -0.568. The van der Waals surface area contributed by atoms with Gasteiger partial charge in [-0.1, -0.05) is 84.9 Å². The standard InChI is InChI=1S/C37H41N3O6/c1-25(29-20-13-17-26-16-9-10-18-30(26)29)40(36(43)46-37(2,3)4)23-28-22-39(24-32(28)27-14-7-6-8-15-27)38-35(42)45-33-21-12-11-19-31(33)34(41)44-5/h6-21,25,28,32H,22-24H2,1-5H3,(H,38,42)/t25-,28+,32-/m1/s1. The van der Waals surface area contributed by atoms with Crippen molar-refractivity contribution in [2.75, 3.05) is 26.7 Å². The fraction of sp³-hybridized carbons (Fsp3) is 0.324. The van der Waals surface area contributed by atoms with E-state index in [2.05, 4.69) is 41.8 Å². The molecule has 1 fully saturated rings. The molecule has 1 aliphatic heterocycles. The number of carbonyl (C=O) groups is 3. The van der Waals surface area contributed by atoms with Crippen LogP contribution in [-0.2, 0) is 9.47 Å². The van der Waals surface area contributed by atoms with Gasteiger partial charge in [-0.15, -0.1) is 0 Å². The van der Waals surface area contributed by atoms with Crippen LogP contribution in [0.15, 0.2) is 97.1 Å². The van der Waals surface area contributed by atoms with Gasteiger partial charge in [0.05, 0.1) is 13.2 Å². The predicted octanol–water partition coefficient (Wildman–Crippen LogP) is 7.34. The van der Waals surface area contributed by atoms with E-state index in [0.717, 1.165) is 21.9 Å². The van der Waals surface area contributed by atoms with Crippen LogP contribution >= 0.6 is 0 Å².